The molecule has 0 spiro atoms. The largest absolute Gasteiger partial charge is 0.416 e. The molecule has 15 heteroatoms. The first-order valence-corrected chi connectivity index (χ1v) is 13.6. The number of halogens is 4. The van der Waals surface area contributed by atoms with E-state index in [2.05, 4.69) is 20.5 Å². The number of benzene rings is 2. The van der Waals surface area contributed by atoms with E-state index in [0.717, 1.165) is 34.9 Å². The topological polar surface area (TPSA) is 146 Å². The zero-order chi connectivity index (χ0) is 30.0. The summed E-state index contributed by atoms with van der Waals surface area (Å²) in [4.78, 5) is 30.5. The summed E-state index contributed by atoms with van der Waals surface area (Å²) >= 11 is 5.93. The van der Waals surface area contributed by atoms with Gasteiger partial charge in [0.05, 0.1) is 17.8 Å². The summed E-state index contributed by atoms with van der Waals surface area (Å²) < 4.78 is 42.5. The maximum Gasteiger partial charge on any atom is 0.416 e. The number of rotatable bonds is 8. The molecule has 5 rings (SSSR count). The number of hydrogen-bond donors (Lipinski definition) is 3. The van der Waals surface area contributed by atoms with Gasteiger partial charge >= 0.3 is 11.9 Å². The monoisotopic (exact) mass is 604 g/mol. The number of aliphatic hydroxyl groups excluding tert-OH is 1. The number of amides is 1. The Balaban J connectivity index is 1.42. The van der Waals surface area contributed by atoms with Crippen molar-refractivity contribution in [1.29, 1.82) is 0 Å². The van der Waals surface area contributed by atoms with Crippen molar-refractivity contribution >= 4 is 17.5 Å². The van der Waals surface area contributed by atoms with E-state index in [4.69, 9.17) is 17.3 Å². The van der Waals surface area contributed by atoms with Crippen LogP contribution in [0.2, 0.25) is 5.02 Å². The molecule has 1 aliphatic carbocycles. The molecule has 0 radical (unpaired) electrons. The van der Waals surface area contributed by atoms with Crippen molar-refractivity contribution in [3.8, 4) is 17.1 Å². The Kier molecular flexibility index (Phi) is 8.48. The molecule has 2 aromatic heterocycles. The minimum absolute atomic E-state index is 0.0951. The molecule has 3 atom stereocenters. The average Bonchev–Trinajstić information content (AvgIpc) is 3.55. The highest BCUT2D eigenvalue weighted by Gasteiger charge is 2.39. The first-order valence-electron chi connectivity index (χ1n) is 13.3. The first-order chi connectivity index (χ1) is 20.0. The summed E-state index contributed by atoms with van der Waals surface area (Å²) in [6, 6.07) is 12.5. The number of nitrogens with one attached hydrogen (secondary N) is 1. The lowest BCUT2D eigenvalue weighted by Crippen LogP contribution is -2.49. The van der Waals surface area contributed by atoms with Gasteiger partial charge in [-0.15, -0.1) is 10.2 Å². The predicted molar refractivity (Wildman–Crippen MR) is 147 cm³/mol. The molecule has 42 heavy (non-hydrogen) atoms. The molecule has 4 N–H and O–H groups in total. The fraction of sp³-hybridized carbons (Fsp3) is 0.370. The Morgan fingerprint density at radius 3 is 2.55 bits per heavy atom. The van der Waals surface area contributed by atoms with Crippen molar-refractivity contribution in [3.05, 3.63) is 81.8 Å². The molecule has 1 amide bonds. The number of alkyl halides is 3. The number of aromatic nitrogens is 6. The number of aliphatic hydroxyl groups is 1. The second-order valence-corrected chi connectivity index (χ2v) is 10.5. The van der Waals surface area contributed by atoms with Crippen molar-refractivity contribution in [3.63, 3.8) is 0 Å². The van der Waals surface area contributed by atoms with Crippen LogP contribution in [0.15, 0.2) is 59.7 Å². The van der Waals surface area contributed by atoms with E-state index in [1.54, 1.807) is 24.3 Å². The van der Waals surface area contributed by atoms with E-state index in [1.807, 2.05) is 0 Å². The van der Waals surface area contributed by atoms with E-state index in [9.17, 15) is 27.9 Å². The molecule has 222 valence electrons. The van der Waals surface area contributed by atoms with E-state index in [-0.39, 0.29) is 36.2 Å². The molecular weight excluding hydrogens is 577 g/mol. The Labute approximate surface area is 242 Å². The Hall–Kier alpha value is -4.01. The van der Waals surface area contributed by atoms with Gasteiger partial charge in [0.15, 0.2) is 17.8 Å². The van der Waals surface area contributed by atoms with Crippen LogP contribution in [0.1, 0.15) is 41.9 Å². The Morgan fingerprint density at radius 2 is 1.83 bits per heavy atom. The third kappa shape index (κ3) is 6.40. The Bertz CT molecular complexity index is 1620. The smallest absolute Gasteiger partial charge is 0.382 e. The molecule has 1 unspecified atom stereocenters. The summed E-state index contributed by atoms with van der Waals surface area (Å²) in [6.45, 7) is -1.35. The second kappa shape index (κ2) is 12.1. The van der Waals surface area contributed by atoms with Gasteiger partial charge in [-0.3, -0.25) is 9.36 Å². The Morgan fingerprint density at radius 1 is 1.12 bits per heavy atom. The molecule has 11 nitrogen and oxygen atoms in total. The summed E-state index contributed by atoms with van der Waals surface area (Å²) in [5.41, 5.74) is 6.40. The molecular formula is C27H28ClF3N8O3. The number of para-hydroxylation sites is 1. The number of carbonyl (C=O) groups is 1. The third-order valence-corrected chi connectivity index (χ3v) is 7.37. The van der Waals surface area contributed by atoms with Crippen molar-refractivity contribution in [1.82, 2.24) is 34.4 Å². The van der Waals surface area contributed by atoms with Crippen LogP contribution in [-0.4, -0.2) is 64.5 Å². The first kappa shape index (κ1) is 29.5. The highest BCUT2D eigenvalue weighted by molar-refractivity contribution is 6.30. The van der Waals surface area contributed by atoms with Crippen molar-refractivity contribution < 1.29 is 23.1 Å². The van der Waals surface area contributed by atoms with Crippen LogP contribution in [0.3, 0.4) is 0 Å². The molecule has 1 saturated carbocycles. The van der Waals surface area contributed by atoms with Crippen LogP contribution in [0.4, 0.5) is 13.2 Å². The molecule has 2 aromatic carbocycles. The maximum absolute atomic E-state index is 13.2. The standard InChI is InChI=1S/C27H28ClF3N8O3/c28-17-11-9-16(10-12-17)24-36-38(26(42)37(24)13-22(40)27(29,30)31)14-23-33-15-39(35-23)21-8-4-1-5-18(21)25(41)34-20-7-3-2-6-19(20)32/h1,4-5,8-12,15,19-20,22,40H,2-3,6-7,13-14,32H2,(H,34,41)/t19-,20?,22+/m1/s1. The lowest BCUT2D eigenvalue weighted by atomic mass is 9.91. The van der Waals surface area contributed by atoms with Gasteiger partial charge in [0.1, 0.15) is 12.9 Å². The predicted octanol–water partition coefficient (Wildman–Crippen LogP) is 2.92. The second-order valence-electron chi connectivity index (χ2n) is 10.1. The van der Waals surface area contributed by atoms with Crippen LogP contribution in [-0.2, 0) is 13.1 Å². The summed E-state index contributed by atoms with van der Waals surface area (Å²) in [6.07, 6.45) is -2.73. The number of nitrogens with two attached hydrogens (primary N) is 1. The van der Waals surface area contributed by atoms with Crippen molar-refractivity contribution in [2.24, 2.45) is 5.73 Å². The van der Waals surface area contributed by atoms with Gasteiger partial charge < -0.3 is 16.2 Å². The molecule has 1 fully saturated rings. The highest BCUT2D eigenvalue weighted by atomic mass is 35.5. The van der Waals surface area contributed by atoms with Crippen LogP contribution in [0, 0.1) is 0 Å². The number of carbonyl (C=O) groups excluding carboxylic acids is 1. The number of hydrogen-bond acceptors (Lipinski definition) is 7. The van der Waals surface area contributed by atoms with E-state index < -0.39 is 24.5 Å². The molecule has 0 saturated heterocycles. The molecule has 0 bridgehead atoms. The molecule has 2 heterocycles. The minimum atomic E-state index is -4.94. The zero-order valence-electron chi connectivity index (χ0n) is 22.2. The lowest BCUT2D eigenvalue weighted by molar-refractivity contribution is -0.207. The van der Waals surface area contributed by atoms with Gasteiger partial charge in [-0.1, -0.05) is 36.6 Å². The summed E-state index contributed by atoms with van der Waals surface area (Å²) in [5.74, 6) is -0.289. The molecule has 0 aliphatic heterocycles. The highest BCUT2D eigenvalue weighted by Crippen LogP contribution is 2.24. The molecule has 1 aliphatic rings. The fourth-order valence-corrected chi connectivity index (χ4v) is 4.99. The van der Waals surface area contributed by atoms with Gasteiger partial charge in [-0.2, -0.15) is 13.2 Å². The van der Waals surface area contributed by atoms with Crippen LogP contribution in [0.5, 0.6) is 0 Å². The van der Waals surface area contributed by atoms with E-state index in [1.165, 1.54) is 35.3 Å². The summed E-state index contributed by atoms with van der Waals surface area (Å²) in [7, 11) is 0. The minimum Gasteiger partial charge on any atom is -0.382 e. The SMILES string of the molecule is N[C@@H]1CCCCC1NC(=O)c1ccccc1-n1cnc(Cn2nc(-c3ccc(Cl)cc3)n(C[C@H](O)C(F)(F)F)c2=O)n1. The maximum atomic E-state index is 13.2. The van der Waals surface area contributed by atoms with Gasteiger partial charge in [0.2, 0.25) is 0 Å². The van der Waals surface area contributed by atoms with Gasteiger partial charge in [0.25, 0.3) is 5.91 Å². The van der Waals surface area contributed by atoms with Crippen LogP contribution in [0.25, 0.3) is 17.1 Å². The fourth-order valence-electron chi connectivity index (χ4n) is 4.87. The van der Waals surface area contributed by atoms with Crippen molar-refractivity contribution in [2.75, 3.05) is 0 Å². The van der Waals surface area contributed by atoms with Gasteiger partial charge in [0, 0.05) is 22.7 Å². The zero-order valence-corrected chi connectivity index (χ0v) is 23.0. The number of nitrogens with zero attached hydrogens (tertiary/aromatic N) is 6. The van der Waals surface area contributed by atoms with Crippen molar-refractivity contribution in [2.45, 2.75) is 63.1 Å². The van der Waals surface area contributed by atoms with Crippen LogP contribution < -0.4 is 16.7 Å². The van der Waals surface area contributed by atoms with Crippen LogP contribution >= 0.6 is 11.6 Å². The molecule has 4 aromatic rings. The summed E-state index contributed by atoms with van der Waals surface area (Å²) in [5, 5.41) is 21.7. The third-order valence-electron chi connectivity index (χ3n) is 7.12. The van der Waals surface area contributed by atoms with E-state index in [0.29, 0.717) is 21.8 Å². The average molecular weight is 605 g/mol. The lowest BCUT2D eigenvalue weighted by Gasteiger charge is -2.29. The van der Waals surface area contributed by atoms with E-state index >= 15 is 0 Å². The quantitative estimate of drug-likeness (QED) is 0.280. The normalized spacial score (nSPS) is 18.1. The van der Waals surface area contributed by atoms with Gasteiger partial charge in [-0.05, 0) is 49.2 Å². The van der Waals surface area contributed by atoms with Gasteiger partial charge in [-0.25, -0.2) is 19.1 Å².